The molecule has 7 heteroatoms. The number of hydrogen-bond acceptors (Lipinski definition) is 4. The van der Waals surface area contributed by atoms with Gasteiger partial charge in [-0.3, -0.25) is 5.10 Å². The number of benzene rings is 1. The molecule has 124 valence electrons. The van der Waals surface area contributed by atoms with Crippen molar-refractivity contribution in [3.8, 4) is 11.9 Å². The van der Waals surface area contributed by atoms with Crippen LogP contribution in [0.3, 0.4) is 0 Å². The van der Waals surface area contributed by atoms with Crippen molar-refractivity contribution < 1.29 is 9.13 Å². The standard InChI is InChI=1S/C17H16BrFN4O/c1-17(2,3)14-13-12(9-6-8(18)4-5-11(9)19)10(7-20)15(21)24-16(13)23-22-14/h4-6,12H,21H2,1-3H3,(H,22,23). The third kappa shape index (κ3) is 2.57. The van der Waals surface area contributed by atoms with Gasteiger partial charge in [0.25, 0.3) is 0 Å². The highest BCUT2D eigenvalue weighted by Gasteiger charge is 2.39. The molecule has 2 aromatic rings. The molecule has 3 N–H and O–H groups in total. The quantitative estimate of drug-likeness (QED) is 0.774. The highest BCUT2D eigenvalue weighted by molar-refractivity contribution is 9.10. The summed E-state index contributed by atoms with van der Waals surface area (Å²) in [7, 11) is 0. The van der Waals surface area contributed by atoms with E-state index in [2.05, 4.69) is 32.2 Å². The molecule has 0 saturated carbocycles. The van der Waals surface area contributed by atoms with Crippen molar-refractivity contribution >= 4 is 15.9 Å². The average Bonchev–Trinajstić information content (AvgIpc) is 2.91. The van der Waals surface area contributed by atoms with E-state index in [1.165, 1.54) is 6.07 Å². The second-order valence-electron chi connectivity index (χ2n) is 6.66. The highest BCUT2D eigenvalue weighted by atomic mass is 79.9. The van der Waals surface area contributed by atoms with Gasteiger partial charge in [-0.15, -0.1) is 5.10 Å². The lowest BCUT2D eigenvalue weighted by Crippen LogP contribution is -2.24. The third-order valence-electron chi connectivity index (χ3n) is 3.96. The number of nitrogens with one attached hydrogen (secondary N) is 1. The highest BCUT2D eigenvalue weighted by Crippen LogP contribution is 2.46. The number of nitrogens with zero attached hydrogens (tertiary/aromatic N) is 2. The summed E-state index contributed by atoms with van der Waals surface area (Å²) in [6.07, 6.45) is 0. The Kier molecular flexibility index (Phi) is 3.88. The van der Waals surface area contributed by atoms with Crippen LogP contribution in [0.1, 0.15) is 43.5 Å². The van der Waals surface area contributed by atoms with Gasteiger partial charge in [0, 0.05) is 21.1 Å². The van der Waals surface area contributed by atoms with Gasteiger partial charge in [0.15, 0.2) is 0 Å². The van der Waals surface area contributed by atoms with E-state index >= 15 is 0 Å². The van der Waals surface area contributed by atoms with Crippen molar-refractivity contribution in [1.82, 2.24) is 10.2 Å². The van der Waals surface area contributed by atoms with E-state index in [9.17, 15) is 9.65 Å². The largest absolute Gasteiger partial charge is 0.420 e. The molecule has 3 rings (SSSR count). The molecule has 2 heterocycles. The molecule has 24 heavy (non-hydrogen) atoms. The topological polar surface area (TPSA) is 87.7 Å². The first-order valence-electron chi connectivity index (χ1n) is 7.35. The fourth-order valence-corrected chi connectivity index (χ4v) is 3.24. The zero-order valence-electron chi connectivity index (χ0n) is 13.4. The minimum absolute atomic E-state index is 0.0543. The Morgan fingerprint density at radius 1 is 1.42 bits per heavy atom. The number of H-pyrrole nitrogens is 1. The molecule has 0 spiro atoms. The Hall–Kier alpha value is -2.33. The van der Waals surface area contributed by atoms with Crippen LogP contribution < -0.4 is 10.5 Å². The fraction of sp³-hybridized carbons (Fsp3) is 0.294. The van der Waals surface area contributed by atoms with E-state index in [0.29, 0.717) is 15.6 Å². The summed E-state index contributed by atoms with van der Waals surface area (Å²) in [6.45, 7) is 6.01. The van der Waals surface area contributed by atoms with Crippen molar-refractivity contribution in [2.45, 2.75) is 32.1 Å². The molecule has 0 bridgehead atoms. The SMILES string of the molecule is CC(C)(C)c1[nH]nc2c1C(c1cc(Br)ccc1F)C(C#N)=C(N)O2. The van der Waals surface area contributed by atoms with Gasteiger partial charge in [-0.1, -0.05) is 36.7 Å². The van der Waals surface area contributed by atoms with E-state index in [1.54, 1.807) is 12.1 Å². The monoisotopic (exact) mass is 390 g/mol. The number of nitrogens with two attached hydrogens (primary N) is 1. The van der Waals surface area contributed by atoms with Crippen LogP contribution in [0.2, 0.25) is 0 Å². The number of aromatic nitrogens is 2. The molecule has 0 aliphatic carbocycles. The zero-order chi connectivity index (χ0) is 17.6. The molecule has 1 atom stereocenters. The van der Waals surface area contributed by atoms with Crippen molar-refractivity contribution in [3.63, 3.8) is 0 Å². The van der Waals surface area contributed by atoms with Crippen LogP contribution in [-0.2, 0) is 5.41 Å². The molecular formula is C17H16BrFN4O. The van der Waals surface area contributed by atoms with E-state index in [-0.39, 0.29) is 22.8 Å². The molecule has 0 radical (unpaired) electrons. The van der Waals surface area contributed by atoms with Gasteiger partial charge in [-0.05, 0) is 18.2 Å². The number of halogens is 2. The maximum Gasteiger partial charge on any atom is 0.244 e. The number of allylic oxidation sites excluding steroid dienone is 1. The second-order valence-corrected chi connectivity index (χ2v) is 7.57. The van der Waals surface area contributed by atoms with E-state index in [1.807, 2.05) is 20.8 Å². The van der Waals surface area contributed by atoms with Crippen molar-refractivity contribution in [1.29, 1.82) is 5.26 Å². The summed E-state index contributed by atoms with van der Waals surface area (Å²) >= 11 is 3.36. The lowest BCUT2D eigenvalue weighted by atomic mass is 9.78. The van der Waals surface area contributed by atoms with Crippen LogP contribution in [0.15, 0.2) is 34.1 Å². The molecule has 1 aliphatic heterocycles. The van der Waals surface area contributed by atoms with Gasteiger partial charge >= 0.3 is 0 Å². The Labute approximate surface area is 147 Å². The first-order chi connectivity index (χ1) is 11.2. The number of nitriles is 1. The van der Waals surface area contributed by atoms with Gasteiger partial charge in [0.2, 0.25) is 11.8 Å². The summed E-state index contributed by atoms with van der Waals surface area (Å²) < 4.78 is 20.8. The van der Waals surface area contributed by atoms with Crippen LogP contribution in [0.4, 0.5) is 4.39 Å². The van der Waals surface area contributed by atoms with Crippen molar-refractivity contribution in [3.05, 3.63) is 56.8 Å². The number of hydrogen-bond donors (Lipinski definition) is 2. The normalized spacial score (nSPS) is 17.2. The number of ether oxygens (including phenoxy) is 1. The summed E-state index contributed by atoms with van der Waals surface area (Å²) in [6, 6.07) is 6.68. The van der Waals surface area contributed by atoms with Crippen LogP contribution in [0.5, 0.6) is 5.88 Å². The van der Waals surface area contributed by atoms with E-state index in [0.717, 1.165) is 5.69 Å². The first kappa shape index (κ1) is 16.5. The van der Waals surface area contributed by atoms with Crippen molar-refractivity contribution in [2.24, 2.45) is 5.73 Å². The fourth-order valence-electron chi connectivity index (χ4n) is 2.86. The maximum atomic E-state index is 14.6. The van der Waals surface area contributed by atoms with Crippen LogP contribution in [0.25, 0.3) is 0 Å². The summed E-state index contributed by atoms with van der Waals surface area (Å²) in [5.74, 6) is -0.871. The average molecular weight is 391 g/mol. The number of fused-ring (bicyclic) bond motifs is 1. The molecular weight excluding hydrogens is 375 g/mol. The zero-order valence-corrected chi connectivity index (χ0v) is 15.0. The summed E-state index contributed by atoms with van der Waals surface area (Å²) in [5, 5.41) is 16.7. The smallest absolute Gasteiger partial charge is 0.244 e. The molecule has 1 unspecified atom stereocenters. The van der Waals surface area contributed by atoms with Gasteiger partial charge in [-0.25, -0.2) is 4.39 Å². The second kappa shape index (κ2) is 5.64. The van der Waals surface area contributed by atoms with E-state index < -0.39 is 11.7 Å². The lowest BCUT2D eigenvalue weighted by molar-refractivity contribution is 0.377. The predicted octanol–water partition coefficient (Wildman–Crippen LogP) is 3.83. The number of rotatable bonds is 1. The summed E-state index contributed by atoms with van der Waals surface area (Å²) in [5.41, 5.74) is 7.53. The molecule has 0 fully saturated rings. The molecule has 1 aromatic carbocycles. The molecule has 1 aliphatic rings. The first-order valence-corrected chi connectivity index (χ1v) is 8.14. The lowest BCUT2D eigenvalue weighted by Gasteiger charge is -2.27. The number of aromatic amines is 1. The minimum atomic E-state index is -0.677. The molecule has 0 amide bonds. The van der Waals surface area contributed by atoms with E-state index in [4.69, 9.17) is 10.5 Å². The third-order valence-corrected chi connectivity index (χ3v) is 4.45. The predicted molar refractivity (Wildman–Crippen MR) is 90.7 cm³/mol. The van der Waals surface area contributed by atoms with Crippen LogP contribution in [0, 0.1) is 17.1 Å². The van der Waals surface area contributed by atoms with Crippen LogP contribution in [-0.4, -0.2) is 10.2 Å². The molecule has 5 nitrogen and oxygen atoms in total. The van der Waals surface area contributed by atoms with Gasteiger partial charge < -0.3 is 10.5 Å². The Balaban J connectivity index is 2.33. The minimum Gasteiger partial charge on any atom is -0.420 e. The van der Waals surface area contributed by atoms with Gasteiger partial charge in [0.05, 0.1) is 11.5 Å². The Bertz CT molecular complexity index is 889. The Morgan fingerprint density at radius 3 is 2.75 bits per heavy atom. The summed E-state index contributed by atoms with van der Waals surface area (Å²) in [4.78, 5) is 0. The van der Waals surface area contributed by atoms with Gasteiger partial charge in [-0.2, -0.15) is 5.26 Å². The molecule has 0 saturated heterocycles. The molecule has 1 aromatic heterocycles. The maximum absolute atomic E-state index is 14.6. The van der Waals surface area contributed by atoms with Gasteiger partial charge in [0.1, 0.15) is 17.5 Å². The van der Waals surface area contributed by atoms with Crippen molar-refractivity contribution in [2.75, 3.05) is 0 Å². The Morgan fingerprint density at radius 2 is 2.12 bits per heavy atom. The van der Waals surface area contributed by atoms with Crippen LogP contribution >= 0.6 is 15.9 Å².